The topological polar surface area (TPSA) is 52.7 Å². The Morgan fingerprint density at radius 3 is 2.88 bits per heavy atom. The van der Waals surface area contributed by atoms with Crippen molar-refractivity contribution in [2.24, 2.45) is 7.05 Å². The van der Waals surface area contributed by atoms with Crippen molar-refractivity contribution < 1.29 is 4.79 Å². The smallest absolute Gasteiger partial charge is 0.231 e. The second-order valence-corrected chi connectivity index (χ2v) is 3.64. The number of nitrogens with zero attached hydrogens (tertiary/aromatic N) is 4. The first-order valence-corrected chi connectivity index (χ1v) is 5.28. The van der Waals surface area contributed by atoms with E-state index in [1.807, 2.05) is 0 Å². The van der Waals surface area contributed by atoms with Gasteiger partial charge in [0.25, 0.3) is 0 Å². The molecule has 2 heterocycles. The number of rotatable bonds is 4. The van der Waals surface area contributed by atoms with Crippen LogP contribution in [0.1, 0.15) is 29.5 Å². The summed E-state index contributed by atoms with van der Waals surface area (Å²) in [6.45, 7) is 2.80. The van der Waals surface area contributed by atoms with Crippen LogP contribution >= 0.6 is 0 Å². The molecule has 5 nitrogen and oxygen atoms in total. The largest absolute Gasteiger partial charge is 0.285 e. The third-order valence-corrected chi connectivity index (χ3v) is 2.33. The van der Waals surface area contributed by atoms with Crippen molar-refractivity contribution in [3.05, 3.63) is 35.9 Å². The van der Waals surface area contributed by atoms with Crippen LogP contribution in [0.15, 0.2) is 24.5 Å². The van der Waals surface area contributed by atoms with E-state index in [-0.39, 0.29) is 5.78 Å². The highest BCUT2D eigenvalue weighted by Gasteiger charge is 2.15. The van der Waals surface area contributed by atoms with Crippen LogP contribution in [-0.4, -0.2) is 25.3 Å². The summed E-state index contributed by atoms with van der Waals surface area (Å²) in [5.41, 5.74) is 1.06. The molecule has 0 aromatic carbocycles. The third kappa shape index (κ3) is 1.88. The van der Waals surface area contributed by atoms with Gasteiger partial charge in [-0.05, 0) is 18.6 Å². The summed E-state index contributed by atoms with van der Waals surface area (Å²) in [4.78, 5) is 12.1. The molecule has 5 heteroatoms. The number of hydrogen-bond acceptors (Lipinski definition) is 3. The Kier molecular flexibility index (Phi) is 2.85. The summed E-state index contributed by atoms with van der Waals surface area (Å²) >= 11 is 0. The quantitative estimate of drug-likeness (QED) is 0.726. The Labute approximate surface area is 93.7 Å². The lowest BCUT2D eigenvalue weighted by Crippen LogP contribution is -2.12. The normalized spacial score (nSPS) is 10.6. The first kappa shape index (κ1) is 10.6. The van der Waals surface area contributed by atoms with Gasteiger partial charge in [-0.3, -0.25) is 14.2 Å². The average Bonchev–Trinajstić information content (AvgIpc) is 2.87. The zero-order valence-electron chi connectivity index (χ0n) is 9.42. The Morgan fingerprint density at radius 1 is 1.44 bits per heavy atom. The van der Waals surface area contributed by atoms with Crippen LogP contribution < -0.4 is 0 Å². The highest BCUT2D eigenvalue weighted by atomic mass is 16.1. The van der Waals surface area contributed by atoms with Gasteiger partial charge in [-0.2, -0.15) is 10.2 Å². The molecule has 2 rings (SSSR count). The van der Waals surface area contributed by atoms with Gasteiger partial charge in [-0.1, -0.05) is 6.92 Å². The van der Waals surface area contributed by atoms with Crippen molar-refractivity contribution in [2.45, 2.75) is 19.9 Å². The van der Waals surface area contributed by atoms with Gasteiger partial charge in [-0.15, -0.1) is 0 Å². The summed E-state index contributed by atoms with van der Waals surface area (Å²) in [5, 5.41) is 8.21. The van der Waals surface area contributed by atoms with Gasteiger partial charge >= 0.3 is 0 Å². The maximum Gasteiger partial charge on any atom is 0.231 e. The van der Waals surface area contributed by atoms with Crippen LogP contribution in [0, 0.1) is 0 Å². The summed E-state index contributed by atoms with van der Waals surface area (Å²) in [6, 6.07) is 3.44. The molecule has 0 N–H and O–H groups in total. The van der Waals surface area contributed by atoms with Crippen molar-refractivity contribution in [3.8, 4) is 0 Å². The predicted molar refractivity (Wildman–Crippen MR) is 59.2 cm³/mol. The van der Waals surface area contributed by atoms with E-state index in [1.165, 1.54) is 0 Å². The van der Waals surface area contributed by atoms with Crippen LogP contribution in [0.5, 0.6) is 0 Å². The second-order valence-electron chi connectivity index (χ2n) is 3.64. The molecule has 0 saturated heterocycles. The number of aryl methyl sites for hydroxylation is 2. The van der Waals surface area contributed by atoms with E-state index >= 15 is 0 Å². The van der Waals surface area contributed by atoms with Gasteiger partial charge < -0.3 is 0 Å². The third-order valence-electron chi connectivity index (χ3n) is 2.33. The zero-order chi connectivity index (χ0) is 11.5. The van der Waals surface area contributed by atoms with E-state index in [9.17, 15) is 4.79 Å². The SMILES string of the molecule is CCCn1nccc1C(=O)c1ccn(C)n1. The molecule has 0 unspecified atom stereocenters. The van der Waals surface area contributed by atoms with Gasteiger partial charge in [-0.25, -0.2) is 0 Å². The first-order valence-electron chi connectivity index (χ1n) is 5.28. The van der Waals surface area contributed by atoms with E-state index in [0.717, 1.165) is 13.0 Å². The van der Waals surface area contributed by atoms with Crippen LogP contribution in [0.3, 0.4) is 0 Å². The molecular weight excluding hydrogens is 204 g/mol. The van der Waals surface area contributed by atoms with Gasteiger partial charge in [0.2, 0.25) is 5.78 Å². The van der Waals surface area contributed by atoms with Crippen molar-refractivity contribution in [2.75, 3.05) is 0 Å². The van der Waals surface area contributed by atoms with Crippen molar-refractivity contribution in [3.63, 3.8) is 0 Å². The maximum atomic E-state index is 12.1. The molecular formula is C11H14N4O. The van der Waals surface area contributed by atoms with Crippen molar-refractivity contribution in [1.82, 2.24) is 19.6 Å². The lowest BCUT2D eigenvalue weighted by Gasteiger charge is -2.02. The van der Waals surface area contributed by atoms with E-state index < -0.39 is 0 Å². The predicted octanol–water partition coefficient (Wildman–Crippen LogP) is 1.26. The molecule has 84 valence electrons. The molecule has 0 aliphatic heterocycles. The number of carbonyl (C=O) groups is 1. The van der Waals surface area contributed by atoms with E-state index in [0.29, 0.717) is 11.4 Å². The van der Waals surface area contributed by atoms with Crippen LogP contribution in [0.4, 0.5) is 0 Å². The molecule has 2 aromatic rings. The number of hydrogen-bond donors (Lipinski definition) is 0. The Bertz CT molecular complexity index is 498. The standard InChI is InChI=1S/C11H14N4O/c1-3-7-15-10(4-6-12-15)11(16)9-5-8-14(2)13-9/h4-6,8H,3,7H2,1-2H3. The molecule has 16 heavy (non-hydrogen) atoms. The second kappa shape index (κ2) is 4.30. The molecule has 0 spiro atoms. The lowest BCUT2D eigenvalue weighted by atomic mass is 10.2. The fraction of sp³-hybridized carbons (Fsp3) is 0.364. The van der Waals surface area contributed by atoms with E-state index in [1.54, 1.807) is 40.9 Å². The molecule has 0 fully saturated rings. The Morgan fingerprint density at radius 2 is 2.25 bits per heavy atom. The van der Waals surface area contributed by atoms with E-state index in [2.05, 4.69) is 17.1 Å². The van der Waals surface area contributed by atoms with Crippen molar-refractivity contribution in [1.29, 1.82) is 0 Å². The van der Waals surface area contributed by atoms with Gasteiger partial charge in [0.15, 0.2) is 0 Å². The number of aromatic nitrogens is 4. The zero-order valence-corrected chi connectivity index (χ0v) is 9.42. The minimum absolute atomic E-state index is 0.0773. The maximum absolute atomic E-state index is 12.1. The van der Waals surface area contributed by atoms with Gasteiger partial charge in [0.05, 0.1) is 0 Å². The van der Waals surface area contributed by atoms with Crippen molar-refractivity contribution >= 4 is 5.78 Å². The van der Waals surface area contributed by atoms with Crippen LogP contribution in [0.2, 0.25) is 0 Å². The van der Waals surface area contributed by atoms with Crippen LogP contribution in [-0.2, 0) is 13.6 Å². The minimum atomic E-state index is -0.0773. The highest BCUT2D eigenvalue weighted by molar-refractivity contribution is 6.06. The molecule has 0 saturated carbocycles. The molecule has 0 aliphatic carbocycles. The minimum Gasteiger partial charge on any atom is -0.285 e. The summed E-state index contributed by atoms with van der Waals surface area (Å²) in [7, 11) is 1.79. The van der Waals surface area contributed by atoms with Gasteiger partial charge in [0.1, 0.15) is 11.4 Å². The molecule has 0 bridgehead atoms. The highest BCUT2D eigenvalue weighted by Crippen LogP contribution is 2.07. The fourth-order valence-electron chi connectivity index (χ4n) is 1.58. The lowest BCUT2D eigenvalue weighted by molar-refractivity contribution is 0.102. The van der Waals surface area contributed by atoms with Crippen LogP contribution in [0.25, 0.3) is 0 Å². The first-order chi connectivity index (χ1) is 7.72. The van der Waals surface area contributed by atoms with E-state index in [4.69, 9.17) is 0 Å². The average molecular weight is 218 g/mol. The molecule has 0 amide bonds. The fourth-order valence-corrected chi connectivity index (χ4v) is 1.58. The summed E-state index contributed by atoms with van der Waals surface area (Å²) in [6.07, 6.45) is 4.35. The Balaban J connectivity index is 2.30. The molecule has 0 atom stereocenters. The molecule has 0 aliphatic rings. The number of ketones is 1. The number of carbonyl (C=O) groups excluding carboxylic acids is 1. The molecule has 0 radical (unpaired) electrons. The summed E-state index contributed by atoms with van der Waals surface area (Å²) in [5.74, 6) is -0.0773. The monoisotopic (exact) mass is 218 g/mol. The molecule has 2 aromatic heterocycles. The Hall–Kier alpha value is -1.91. The summed E-state index contributed by atoms with van der Waals surface area (Å²) < 4.78 is 3.34. The van der Waals surface area contributed by atoms with Gasteiger partial charge in [0, 0.05) is 26.0 Å².